The van der Waals surface area contributed by atoms with E-state index in [2.05, 4.69) is 63.1 Å². The number of fused-ring (bicyclic) bond motifs is 2. The number of H-pyrrole nitrogens is 2. The summed E-state index contributed by atoms with van der Waals surface area (Å²) in [5.74, 6) is 0.788. The Hall–Kier alpha value is -6.18. The molecule has 4 atom stereocenters. The summed E-state index contributed by atoms with van der Waals surface area (Å²) in [4.78, 5) is 71.4. The molecular weight excluding hydrogens is 725 g/mol. The number of methoxy groups -OCH3 is 2. The van der Waals surface area contributed by atoms with E-state index in [-0.39, 0.29) is 29.7 Å². The van der Waals surface area contributed by atoms with Gasteiger partial charge < -0.3 is 39.9 Å². The maximum Gasteiger partial charge on any atom is 0.407 e. The fourth-order valence-corrected chi connectivity index (χ4v) is 7.89. The molecule has 2 aromatic heterocycles. The van der Waals surface area contributed by atoms with Crippen LogP contribution >= 0.6 is 0 Å². The highest BCUT2D eigenvalue weighted by atomic mass is 16.5. The van der Waals surface area contributed by atoms with Gasteiger partial charge in [0.25, 0.3) is 0 Å². The molecule has 5 aromatic rings. The van der Waals surface area contributed by atoms with Crippen LogP contribution in [0, 0.1) is 11.8 Å². The minimum absolute atomic E-state index is 0.110. The zero-order valence-corrected chi connectivity index (χ0v) is 33.4. The maximum atomic E-state index is 13.7. The number of hydrogen-bond donors (Lipinski definition) is 4. The first-order valence-electron chi connectivity index (χ1n) is 19.4. The molecule has 0 spiro atoms. The minimum Gasteiger partial charge on any atom is -0.453 e. The number of ether oxygens (including phenoxy) is 2. The van der Waals surface area contributed by atoms with Crippen LogP contribution < -0.4 is 10.6 Å². The van der Waals surface area contributed by atoms with Gasteiger partial charge in [-0.3, -0.25) is 9.59 Å². The molecule has 1 saturated heterocycles. The van der Waals surface area contributed by atoms with Crippen LogP contribution in [0.15, 0.2) is 72.4 Å². The van der Waals surface area contributed by atoms with Gasteiger partial charge in [-0.15, -0.1) is 0 Å². The number of nitrogens with zero attached hydrogens (tertiary/aromatic N) is 4. The molecule has 14 nitrogen and oxygen atoms in total. The van der Waals surface area contributed by atoms with Crippen molar-refractivity contribution in [3.05, 3.63) is 84.1 Å². The first-order valence-corrected chi connectivity index (χ1v) is 19.4. The average molecular weight is 775 g/mol. The number of aromatic amines is 2. The van der Waals surface area contributed by atoms with E-state index < -0.39 is 30.3 Å². The summed E-state index contributed by atoms with van der Waals surface area (Å²) in [7, 11) is 2.57. The van der Waals surface area contributed by atoms with Gasteiger partial charge in [-0.25, -0.2) is 19.6 Å². The zero-order valence-electron chi connectivity index (χ0n) is 33.4. The van der Waals surface area contributed by atoms with Gasteiger partial charge in [0.1, 0.15) is 29.8 Å². The summed E-state index contributed by atoms with van der Waals surface area (Å²) in [5.41, 5.74) is 6.59. The summed E-state index contributed by atoms with van der Waals surface area (Å²) in [6, 6.07) is 16.7. The van der Waals surface area contributed by atoms with Crippen molar-refractivity contribution < 1.29 is 28.7 Å². The molecule has 0 saturated carbocycles. The normalized spacial score (nSPS) is 17.9. The zero-order chi connectivity index (χ0) is 40.5. The number of benzene rings is 3. The van der Waals surface area contributed by atoms with Crippen LogP contribution in [0.25, 0.3) is 44.2 Å². The van der Waals surface area contributed by atoms with Gasteiger partial charge in [-0.2, -0.15) is 0 Å². The maximum absolute atomic E-state index is 13.7. The predicted octanol–water partition coefficient (Wildman–Crippen LogP) is 7.03. The summed E-state index contributed by atoms with van der Waals surface area (Å²) >= 11 is 0. The molecule has 4 amide bonds. The summed E-state index contributed by atoms with van der Waals surface area (Å²) in [6.45, 7) is 10.6. The molecule has 0 aliphatic carbocycles. The standard InChI is InChI=1S/C43H50N8O6/c1-23(2)36(48-42(54)56-6)40(52)50-16-8-9-34(50)38-44-21-33(47-38)30-13-12-26-18-27(10-11-28(26)19-30)29-14-15-31-32(20-29)46-39(45-31)35-17-25(5)22-51(35)41(53)37(24(3)4)49-43(55)57-7/h10-15,17-21,23-24,34-37H,8-9,16,22H2,1-7H3,(H,44,47)(H,45,46)(H,48,54)(H,49,55)/t34-,35?,36-,37-/m0/s1. The number of amides is 4. The van der Waals surface area contributed by atoms with Crippen LogP contribution in [-0.4, -0.2) is 93.1 Å². The lowest BCUT2D eigenvalue weighted by molar-refractivity contribution is -0.136. The second-order valence-electron chi connectivity index (χ2n) is 15.6. The van der Waals surface area contributed by atoms with Crippen molar-refractivity contribution >= 4 is 45.8 Å². The topological polar surface area (TPSA) is 175 Å². The molecule has 2 aliphatic heterocycles. The van der Waals surface area contributed by atoms with Gasteiger partial charge in [0.15, 0.2) is 0 Å². The Morgan fingerprint density at radius 2 is 1.37 bits per heavy atom. The molecule has 0 radical (unpaired) electrons. The molecule has 2 aliphatic rings. The van der Waals surface area contributed by atoms with Crippen LogP contribution in [0.1, 0.15) is 71.2 Å². The van der Waals surface area contributed by atoms with E-state index >= 15 is 0 Å². The minimum atomic E-state index is -0.738. The SMILES string of the molecule is COC(=O)N[C@H](C(=O)N1CC(C)=CC1c1nc2ccc(-c3ccc4cc(-c5cnc([C@@H]6CCCN6C(=O)[C@@H](NC(=O)OC)C(C)C)[nH]5)ccc4c3)cc2[nH]1)C(C)C. The first-order chi connectivity index (χ1) is 27.3. The highest BCUT2D eigenvalue weighted by molar-refractivity contribution is 5.92. The fraction of sp³-hybridized carbons (Fsp3) is 0.395. The summed E-state index contributed by atoms with van der Waals surface area (Å²) in [6.07, 6.45) is 4.20. The Kier molecular flexibility index (Phi) is 11.1. The smallest absolute Gasteiger partial charge is 0.407 e. The number of carbonyl (C=O) groups is 4. The van der Waals surface area contributed by atoms with Crippen LogP contribution in [0.3, 0.4) is 0 Å². The van der Waals surface area contributed by atoms with Crippen molar-refractivity contribution in [2.24, 2.45) is 11.8 Å². The number of likely N-dealkylation sites (tertiary alicyclic amines) is 1. The lowest BCUT2D eigenvalue weighted by Gasteiger charge is -2.30. The molecule has 1 unspecified atom stereocenters. The monoisotopic (exact) mass is 774 g/mol. The molecule has 298 valence electrons. The Morgan fingerprint density at radius 1 is 0.772 bits per heavy atom. The van der Waals surface area contributed by atoms with E-state index in [1.54, 1.807) is 4.90 Å². The molecular formula is C43H50N8O6. The van der Waals surface area contributed by atoms with Gasteiger partial charge in [-0.1, -0.05) is 69.7 Å². The Balaban J connectivity index is 1.08. The lowest BCUT2D eigenvalue weighted by atomic mass is 9.99. The van der Waals surface area contributed by atoms with Crippen LogP contribution in [0.5, 0.6) is 0 Å². The van der Waals surface area contributed by atoms with Crippen LogP contribution in [0.2, 0.25) is 0 Å². The quantitative estimate of drug-likeness (QED) is 0.110. The Morgan fingerprint density at radius 3 is 2.02 bits per heavy atom. The van der Waals surface area contributed by atoms with Gasteiger partial charge in [0.2, 0.25) is 11.8 Å². The van der Waals surface area contributed by atoms with E-state index in [4.69, 9.17) is 19.4 Å². The van der Waals surface area contributed by atoms with Crippen molar-refractivity contribution in [1.29, 1.82) is 0 Å². The second-order valence-corrected chi connectivity index (χ2v) is 15.6. The fourth-order valence-electron chi connectivity index (χ4n) is 7.89. The van der Waals surface area contributed by atoms with Crippen molar-refractivity contribution in [2.75, 3.05) is 27.3 Å². The molecule has 57 heavy (non-hydrogen) atoms. The van der Waals surface area contributed by atoms with Crippen molar-refractivity contribution in [2.45, 2.75) is 71.6 Å². The van der Waals surface area contributed by atoms with Crippen LogP contribution in [0.4, 0.5) is 9.59 Å². The van der Waals surface area contributed by atoms with Gasteiger partial charge >= 0.3 is 12.2 Å². The number of aromatic nitrogens is 4. The number of hydrogen-bond acceptors (Lipinski definition) is 8. The summed E-state index contributed by atoms with van der Waals surface area (Å²) < 4.78 is 9.55. The molecule has 3 aromatic carbocycles. The van der Waals surface area contributed by atoms with Crippen LogP contribution in [-0.2, 0) is 19.1 Å². The molecule has 4 heterocycles. The second kappa shape index (κ2) is 16.1. The number of carbonyl (C=O) groups excluding carboxylic acids is 4. The molecule has 7 rings (SSSR count). The highest BCUT2D eigenvalue weighted by Gasteiger charge is 2.38. The van der Waals surface area contributed by atoms with E-state index in [1.807, 2.05) is 63.9 Å². The Labute approximate surface area is 331 Å². The molecule has 0 bridgehead atoms. The number of rotatable bonds is 10. The van der Waals surface area contributed by atoms with E-state index in [0.717, 1.165) is 68.4 Å². The largest absolute Gasteiger partial charge is 0.453 e. The average Bonchev–Trinajstić information content (AvgIpc) is 4.03. The highest BCUT2D eigenvalue weighted by Crippen LogP contribution is 2.35. The van der Waals surface area contributed by atoms with Crippen molar-refractivity contribution in [3.8, 4) is 22.4 Å². The molecule has 4 N–H and O–H groups in total. The van der Waals surface area contributed by atoms with Gasteiger partial charge in [0, 0.05) is 18.7 Å². The number of imidazole rings is 2. The predicted molar refractivity (Wildman–Crippen MR) is 217 cm³/mol. The third-order valence-electron chi connectivity index (χ3n) is 11.0. The van der Waals surface area contributed by atoms with Crippen molar-refractivity contribution in [1.82, 2.24) is 40.4 Å². The van der Waals surface area contributed by atoms with E-state index in [0.29, 0.717) is 18.9 Å². The third kappa shape index (κ3) is 7.94. The van der Waals surface area contributed by atoms with E-state index in [9.17, 15) is 19.2 Å². The Bertz CT molecular complexity index is 2360. The first kappa shape index (κ1) is 39.1. The number of nitrogens with one attached hydrogen (secondary N) is 4. The molecule has 14 heteroatoms. The summed E-state index contributed by atoms with van der Waals surface area (Å²) in [5, 5.41) is 7.54. The third-order valence-corrected chi connectivity index (χ3v) is 11.0. The van der Waals surface area contributed by atoms with Gasteiger partial charge in [-0.05, 0) is 77.8 Å². The molecule has 1 fully saturated rings. The number of alkyl carbamates (subject to hydrolysis) is 2. The van der Waals surface area contributed by atoms with E-state index in [1.165, 1.54) is 14.2 Å². The van der Waals surface area contributed by atoms with Crippen molar-refractivity contribution in [3.63, 3.8) is 0 Å². The lowest BCUT2D eigenvalue weighted by Crippen LogP contribution is -2.51. The van der Waals surface area contributed by atoms with Gasteiger partial charge in [0.05, 0.1) is 43.2 Å².